The second kappa shape index (κ2) is 5.90. The lowest BCUT2D eigenvalue weighted by Crippen LogP contribution is -2.37. The highest BCUT2D eigenvalue weighted by Crippen LogP contribution is 2.26. The highest BCUT2D eigenvalue weighted by atomic mass is 19.1. The fourth-order valence-corrected chi connectivity index (χ4v) is 2.51. The van der Waals surface area contributed by atoms with Crippen LogP contribution in [-0.2, 0) is 4.79 Å². The molecule has 0 aromatic heterocycles. The molecule has 1 amide bonds. The van der Waals surface area contributed by atoms with Crippen LogP contribution in [-0.4, -0.2) is 41.6 Å². The van der Waals surface area contributed by atoms with E-state index in [0.717, 1.165) is 6.42 Å². The van der Waals surface area contributed by atoms with Gasteiger partial charge in [0.1, 0.15) is 0 Å². The van der Waals surface area contributed by atoms with Crippen LogP contribution in [0.4, 0.5) is 4.39 Å². The molecule has 20 heavy (non-hydrogen) atoms. The number of nitrogens with zero attached hydrogens (tertiary/aromatic N) is 1. The number of methoxy groups -OCH3 is 1. The van der Waals surface area contributed by atoms with E-state index in [0.29, 0.717) is 13.0 Å². The predicted octanol–water partition coefficient (Wildman–Crippen LogP) is 1.91. The fraction of sp³-hybridized carbons (Fsp3) is 0.429. The number of carboxylic acid groups (broad SMARTS) is 1. The summed E-state index contributed by atoms with van der Waals surface area (Å²) >= 11 is 0. The number of halogens is 1. The molecule has 0 aliphatic carbocycles. The Morgan fingerprint density at radius 3 is 2.90 bits per heavy atom. The maximum absolute atomic E-state index is 14.1. The number of hydrogen-bond acceptors (Lipinski definition) is 3. The average Bonchev–Trinajstić information content (AvgIpc) is 2.85. The first-order valence-corrected chi connectivity index (χ1v) is 6.40. The predicted molar refractivity (Wildman–Crippen MR) is 69.3 cm³/mol. The number of amides is 1. The summed E-state index contributed by atoms with van der Waals surface area (Å²) < 4.78 is 18.9. The molecule has 1 saturated heterocycles. The topological polar surface area (TPSA) is 66.8 Å². The first-order chi connectivity index (χ1) is 9.54. The van der Waals surface area contributed by atoms with Crippen LogP contribution in [0.1, 0.15) is 29.6 Å². The van der Waals surface area contributed by atoms with Crippen LogP contribution in [0.3, 0.4) is 0 Å². The minimum absolute atomic E-state index is 0.00447. The van der Waals surface area contributed by atoms with Crippen molar-refractivity contribution in [1.82, 2.24) is 4.90 Å². The molecule has 6 heteroatoms. The molecular formula is C14H16FNO4. The van der Waals surface area contributed by atoms with E-state index in [9.17, 15) is 14.0 Å². The summed E-state index contributed by atoms with van der Waals surface area (Å²) in [7, 11) is 1.33. The summed E-state index contributed by atoms with van der Waals surface area (Å²) in [6.07, 6.45) is 1.25. The number of benzene rings is 1. The molecule has 0 bridgehead atoms. The number of hydrogen-bond donors (Lipinski definition) is 1. The maximum atomic E-state index is 14.1. The Bertz CT molecular complexity index is 532. The summed E-state index contributed by atoms with van der Waals surface area (Å²) in [5, 5.41) is 8.85. The molecule has 0 saturated carbocycles. The first-order valence-electron chi connectivity index (χ1n) is 6.40. The van der Waals surface area contributed by atoms with Crippen molar-refractivity contribution in [1.29, 1.82) is 0 Å². The van der Waals surface area contributed by atoms with Crippen LogP contribution in [0.5, 0.6) is 5.75 Å². The molecule has 1 N–H and O–H groups in total. The smallest absolute Gasteiger partial charge is 0.305 e. The van der Waals surface area contributed by atoms with Crippen LogP contribution < -0.4 is 4.74 Å². The van der Waals surface area contributed by atoms with E-state index in [2.05, 4.69) is 0 Å². The zero-order valence-corrected chi connectivity index (χ0v) is 11.1. The Kier molecular flexibility index (Phi) is 4.22. The van der Waals surface area contributed by atoms with Gasteiger partial charge in [-0.05, 0) is 25.0 Å². The maximum Gasteiger partial charge on any atom is 0.305 e. The van der Waals surface area contributed by atoms with E-state index in [4.69, 9.17) is 9.84 Å². The lowest BCUT2D eigenvalue weighted by Gasteiger charge is -2.24. The summed E-state index contributed by atoms with van der Waals surface area (Å²) in [6.45, 7) is 0.452. The Hall–Kier alpha value is -2.11. The van der Waals surface area contributed by atoms with E-state index in [1.807, 2.05) is 0 Å². The second-order valence-corrected chi connectivity index (χ2v) is 4.71. The Labute approximate surface area is 116 Å². The minimum atomic E-state index is -0.958. The van der Waals surface area contributed by atoms with Crippen LogP contribution >= 0.6 is 0 Å². The van der Waals surface area contributed by atoms with E-state index >= 15 is 0 Å². The van der Waals surface area contributed by atoms with Gasteiger partial charge in [-0.3, -0.25) is 9.59 Å². The summed E-state index contributed by atoms with van der Waals surface area (Å²) in [5.74, 6) is -2.14. The second-order valence-electron chi connectivity index (χ2n) is 4.71. The number of aliphatic carboxylic acids is 1. The Morgan fingerprint density at radius 2 is 2.25 bits per heavy atom. The molecule has 1 unspecified atom stereocenters. The van der Waals surface area contributed by atoms with Crippen molar-refractivity contribution in [3.63, 3.8) is 0 Å². The van der Waals surface area contributed by atoms with Gasteiger partial charge in [-0.15, -0.1) is 0 Å². The van der Waals surface area contributed by atoms with Gasteiger partial charge in [0, 0.05) is 12.6 Å². The molecule has 1 aromatic rings. The normalized spacial score (nSPS) is 18.1. The Balaban J connectivity index is 2.24. The number of carbonyl (C=O) groups excluding carboxylic acids is 1. The number of rotatable bonds is 4. The van der Waals surface area contributed by atoms with Crippen LogP contribution in [0.2, 0.25) is 0 Å². The van der Waals surface area contributed by atoms with Crippen molar-refractivity contribution in [2.75, 3.05) is 13.7 Å². The molecule has 2 rings (SSSR count). The summed E-state index contributed by atoms with van der Waals surface area (Å²) in [6, 6.07) is 3.99. The Morgan fingerprint density at radius 1 is 1.50 bits per heavy atom. The van der Waals surface area contributed by atoms with Crippen molar-refractivity contribution >= 4 is 11.9 Å². The highest BCUT2D eigenvalue weighted by Gasteiger charge is 2.32. The monoisotopic (exact) mass is 281 g/mol. The molecule has 1 fully saturated rings. The van der Waals surface area contributed by atoms with Gasteiger partial charge < -0.3 is 14.7 Å². The van der Waals surface area contributed by atoms with Gasteiger partial charge >= 0.3 is 5.97 Å². The fourth-order valence-electron chi connectivity index (χ4n) is 2.51. The van der Waals surface area contributed by atoms with Crippen LogP contribution in [0.25, 0.3) is 0 Å². The van der Waals surface area contributed by atoms with E-state index in [-0.39, 0.29) is 23.8 Å². The van der Waals surface area contributed by atoms with Gasteiger partial charge in [-0.1, -0.05) is 6.07 Å². The van der Waals surface area contributed by atoms with Crippen molar-refractivity contribution < 1.29 is 23.8 Å². The quantitative estimate of drug-likeness (QED) is 0.915. The van der Waals surface area contributed by atoms with Crippen molar-refractivity contribution in [2.24, 2.45) is 0 Å². The third-order valence-corrected chi connectivity index (χ3v) is 3.46. The van der Waals surface area contributed by atoms with Gasteiger partial charge in [0.15, 0.2) is 11.6 Å². The SMILES string of the molecule is COc1cccc(C(=O)N2CCCC2CC(=O)O)c1F. The zero-order valence-electron chi connectivity index (χ0n) is 11.1. The number of likely N-dealkylation sites (tertiary alicyclic amines) is 1. The zero-order chi connectivity index (χ0) is 14.7. The molecular weight excluding hydrogens is 265 g/mol. The molecule has 1 aliphatic rings. The van der Waals surface area contributed by atoms with E-state index in [1.165, 1.54) is 30.2 Å². The van der Waals surface area contributed by atoms with Gasteiger partial charge in [0.25, 0.3) is 5.91 Å². The minimum Gasteiger partial charge on any atom is -0.494 e. The number of carboxylic acids is 1. The highest BCUT2D eigenvalue weighted by molar-refractivity contribution is 5.95. The van der Waals surface area contributed by atoms with Gasteiger partial charge in [-0.25, -0.2) is 4.39 Å². The molecule has 1 aromatic carbocycles. The van der Waals surface area contributed by atoms with Gasteiger partial charge in [0.05, 0.1) is 19.1 Å². The number of carbonyl (C=O) groups is 2. The van der Waals surface area contributed by atoms with Crippen LogP contribution in [0.15, 0.2) is 18.2 Å². The molecule has 1 heterocycles. The third kappa shape index (κ3) is 2.74. The van der Waals surface area contributed by atoms with Crippen molar-refractivity contribution in [3.05, 3.63) is 29.6 Å². The molecule has 1 atom stereocenters. The van der Waals surface area contributed by atoms with E-state index in [1.54, 1.807) is 0 Å². The lowest BCUT2D eigenvalue weighted by atomic mass is 10.1. The van der Waals surface area contributed by atoms with E-state index < -0.39 is 17.7 Å². The lowest BCUT2D eigenvalue weighted by molar-refractivity contribution is -0.137. The largest absolute Gasteiger partial charge is 0.494 e. The van der Waals surface area contributed by atoms with Crippen LogP contribution in [0, 0.1) is 5.82 Å². The third-order valence-electron chi connectivity index (χ3n) is 3.46. The molecule has 0 spiro atoms. The molecule has 108 valence electrons. The van der Waals surface area contributed by atoms with Gasteiger partial charge in [-0.2, -0.15) is 0 Å². The first kappa shape index (κ1) is 14.3. The van der Waals surface area contributed by atoms with Crippen molar-refractivity contribution in [3.8, 4) is 5.75 Å². The average molecular weight is 281 g/mol. The number of ether oxygens (including phenoxy) is 1. The van der Waals surface area contributed by atoms with Crippen molar-refractivity contribution in [2.45, 2.75) is 25.3 Å². The van der Waals surface area contributed by atoms with Gasteiger partial charge in [0.2, 0.25) is 0 Å². The molecule has 0 radical (unpaired) electrons. The molecule has 5 nitrogen and oxygen atoms in total. The molecule has 1 aliphatic heterocycles. The summed E-state index contributed by atoms with van der Waals surface area (Å²) in [5.41, 5.74) is -0.0818. The standard InChI is InChI=1S/C14H16FNO4/c1-20-11-6-2-5-10(13(11)15)14(19)16-7-3-4-9(16)8-12(17)18/h2,5-6,9H,3-4,7-8H2,1H3,(H,17,18). The summed E-state index contributed by atoms with van der Waals surface area (Å²) in [4.78, 5) is 24.6.